The predicted octanol–water partition coefficient (Wildman–Crippen LogP) is 0.917. The second-order valence-corrected chi connectivity index (χ2v) is 6.02. The molecule has 3 rings (SSSR count). The maximum absolute atomic E-state index is 11.9. The number of fused-ring (bicyclic) bond motifs is 1. The van der Waals surface area contributed by atoms with Gasteiger partial charge in [0.05, 0.1) is 24.2 Å². The zero-order valence-corrected chi connectivity index (χ0v) is 13.4. The summed E-state index contributed by atoms with van der Waals surface area (Å²) in [5, 5.41) is 14.4. The van der Waals surface area contributed by atoms with Crippen LogP contribution in [0.1, 0.15) is 10.6 Å². The molecule has 0 unspecified atom stereocenters. The van der Waals surface area contributed by atoms with Crippen molar-refractivity contribution in [1.82, 2.24) is 20.8 Å². The molecule has 1 aromatic carbocycles. The van der Waals surface area contributed by atoms with Gasteiger partial charge < -0.3 is 10.6 Å². The van der Waals surface area contributed by atoms with E-state index in [2.05, 4.69) is 20.8 Å². The average Bonchev–Trinajstić information content (AvgIpc) is 3.12. The van der Waals surface area contributed by atoms with E-state index in [1.54, 1.807) is 24.3 Å². The lowest BCUT2D eigenvalue weighted by Crippen LogP contribution is -2.39. The van der Waals surface area contributed by atoms with Crippen molar-refractivity contribution in [3.8, 4) is 0 Å². The topological polar surface area (TPSA) is 104 Å². The fourth-order valence-corrected chi connectivity index (χ4v) is 2.86. The molecule has 0 atom stereocenters. The molecule has 0 radical (unpaired) electrons. The minimum atomic E-state index is -0.747. The first-order chi connectivity index (χ1) is 11.6. The van der Waals surface area contributed by atoms with E-state index in [1.807, 2.05) is 17.5 Å². The van der Waals surface area contributed by atoms with Crippen LogP contribution in [-0.4, -0.2) is 22.0 Å². The van der Waals surface area contributed by atoms with Crippen molar-refractivity contribution < 1.29 is 9.59 Å². The van der Waals surface area contributed by atoms with Crippen molar-refractivity contribution in [2.75, 3.05) is 0 Å². The van der Waals surface area contributed by atoms with Crippen LogP contribution in [0.15, 0.2) is 46.6 Å². The molecule has 3 aromatic rings. The molecule has 0 aliphatic carbocycles. The van der Waals surface area contributed by atoms with Crippen LogP contribution >= 0.6 is 11.3 Å². The van der Waals surface area contributed by atoms with Crippen LogP contribution in [0.3, 0.4) is 0 Å². The highest BCUT2D eigenvalue weighted by Crippen LogP contribution is 2.11. The Balaban J connectivity index is 1.63. The summed E-state index contributed by atoms with van der Waals surface area (Å²) in [4.78, 5) is 36.3. The van der Waals surface area contributed by atoms with Gasteiger partial charge in [0.1, 0.15) is 0 Å². The summed E-state index contributed by atoms with van der Waals surface area (Å²) in [5.74, 6) is -1.46. The van der Waals surface area contributed by atoms with E-state index in [1.165, 1.54) is 11.3 Å². The monoisotopic (exact) mass is 342 g/mol. The fourth-order valence-electron chi connectivity index (χ4n) is 2.21. The highest BCUT2D eigenvalue weighted by atomic mass is 32.1. The van der Waals surface area contributed by atoms with Gasteiger partial charge in [0.2, 0.25) is 0 Å². The Morgan fingerprint density at radius 3 is 2.42 bits per heavy atom. The van der Waals surface area contributed by atoms with Gasteiger partial charge in [-0.3, -0.25) is 14.4 Å². The molecule has 0 aliphatic heterocycles. The highest BCUT2D eigenvalue weighted by Gasteiger charge is 2.14. The molecule has 122 valence electrons. The van der Waals surface area contributed by atoms with E-state index in [4.69, 9.17) is 0 Å². The Hall–Kier alpha value is -3.00. The van der Waals surface area contributed by atoms with Crippen molar-refractivity contribution in [3.05, 3.63) is 62.7 Å². The summed E-state index contributed by atoms with van der Waals surface area (Å²) in [7, 11) is 0. The maximum atomic E-state index is 11.9. The molecule has 0 saturated carbocycles. The third-order valence-electron chi connectivity index (χ3n) is 3.40. The minimum absolute atomic E-state index is 0.0442. The Morgan fingerprint density at radius 1 is 1.00 bits per heavy atom. The number of thiophene rings is 1. The molecule has 7 nitrogen and oxygen atoms in total. The Labute approximate surface area is 140 Å². The van der Waals surface area contributed by atoms with Gasteiger partial charge >= 0.3 is 11.8 Å². The van der Waals surface area contributed by atoms with Crippen molar-refractivity contribution in [3.63, 3.8) is 0 Å². The van der Waals surface area contributed by atoms with Gasteiger partial charge in [0.25, 0.3) is 5.56 Å². The number of rotatable bonds is 4. The van der Waals surface area contributed by atoms with Crippen molar-refractivity contribution in [2.45, 2.75) is 13.1 Å². The van der Waals surface area contributed by atoms with Gasteiger partial charge in [0, 0.05) is 10.3 Å². The summed E-state index contributed by atoms with van der Waals surface area (Å²) in [5.41, 5.74) is 0.193. The Kier molecular flexibility index (Phi) is 4.66. The molecule has 0 saturated heterocycles. The van der Waals surface area contributed by atoms with Crippen molar-refractivity contribution >= 4 is 33.9 Å². The molecule has 8 heteroatoms. The zero-order chi connectivity index (χ0) is 16.9. The summed E-state index contributed by atoms with van der Waals surface area (Å²) in [6.45, 7) is 0.353. The zero-order valence-electron chi connectivity index (χ0n) is 12.5. The second-order valence-electron chi connectivity index (χ2n) is 4.99. The number of nitrogens with zero attached hydrogens (tertiary/aromatic N) is 1. The van der Waals surface area contributed by atoms with Gasteiger partial charge in [-0.15, -0.1) is 11.3 Å². The molecule has 2 aromatic heterocycles. The lowest BCUT2D eigenvalue weighted by Gasteiger charge is -2.07. The molecule has 24 heavy (non-hydrogen) atoms. The van der Waals surface area contributed by atoms with Crippen LogP contribution < -0.4 is 16.2 Å². The van der Waals surface area contributed by atoms with E-state index in [9.17, 15) is 14.4 Å². The number of carbonyl (C=O) groups is 2. The van der Waals surface area contributed by atoms with E-state index in [-0.39, 0.29) is 12.1 Å². The summed E-state index contributed by atoms with van der Waals surface area (Å²) >= 11 is 1.50. The second kappa shape index (κ2) is 7.05. The average molecular weight is 342 g/mol. The van der Waals surface area contributed by atoms with E-state index in [0.29, 0.717) is 23.0 Å². The number of aromatic nitrogens is 2. The molecule has 0 spiro atoms. The minimum Gasteiger partial charge on any atom is -0.343 e. The number of carbonyl (C=O) groups excluding carboxylic acids is 2. The van der Waals surface area contributed by atoms with Gasteiger partial charge in [-0.1, -0.05) is 24.3 Å². The highest BCUT2D eigenvalue weighted by molar-refractivity contribution is 7.09. The SMILES string of the molecule is O=C(NCc1cccs1)C(=O)NCc1n[nH]c(=O)c2ccccc12. The van der Waals surface area contributed by atoms with Crippen molar-refractivity contribution in [1.29, 1.82) is 0 Å². The first-order valence-corrected chi connectivity index (χ1v) is 8.08. The lowest BCUT2D eigenvalue weighted by molar-refractivity contribution is -0.139. The van der Waals surface area contributed by atoms with Crippen LogP contribution in [0.5, 0.6) is 0 Å². The van der Waals surface area contributed by atoms with E-state index in [0.717, 1.165) is 4.88 Å². The number of hydrogen-bond donors (Lipinski definition) is 3. The molecular weight excluding hydrogens is 328 g/mol. The number of benzene rings is 1. The fraction of sp³-hybridized carbons (Fsp3) is 0.125. The predicted molar refractivity (Wildman–Crippen MR) is 90.4 cm³/mol. The molecule has 0 fully saturated rings. The first-order valence-electron chi connectivity index (χ1n) is 7.20. The molecule has 0 aliphatic rings. The largest absolute Gasteiger partial charge is 0.343 e. The third-order valence-corrected chi connectivity index (χ3v) is 4.28. The quantitative estimate of drug-likeness (QED) is 0.613. The summed E-state index contributed by atoms with van der Waals surface area (Å²) in [6, 6.07) is 10.7. The number of hydrogen-bond acceptors (Lipinski definition) is 5. The third kappa shape index (κ3) is 3.49. The van der Waals surface area contributed by atoms with Crippen LogP contribution in [0, 0.1) is 0 Å². The number of H-pyrrole nitrogens is 1. The first kappa shape index (κ1) is 15.9. The van der Waals surface area contributed by atoms with Gasteiger partial charge in [-0.2, -0.15) is 5.10 Å². The standard InChI is InChI=1S/C16H14N4O3S/c21-14-12-6-2-1-5-11(12)13(19-20-14)9-18-16(23)15(22)17-8-10-4-3-7-24-10/h1-7H,8-9H2,(H,17,22)(H,18,23)(H,20,21). The Bertz CT molecular complexity index is 934. The molecule has 2 heterocycles. The number of amides is 2. The normalized spacial score (nSPS) is 10.5. The van der Waals surface area contributed by atoms with Crippen LogP contribution in [0.25, 0.3) is 10.8 Å². The molecule has 0 bridgehead atoms. The van der Waals surface area contributed by atoms with Crippen LogP contribution in [-0.2, 0) is 22.7 Å². The van der Waals surface area contributed by atoms with E-state index < -0.39 is 11.8 Å². The van der Waals surface area contributed by atoms with Gasteiger partial charge in [-0.05, 0) is 17.5 Å². The Morgan fingerprint density at radius 2 is 1.71 bits per heavy atom. The lowest BCUT2D eigenvalue weighted by atomic mass is 10.1. The maximum Gasteiger partial charge on any atom is 0.309 e. The molecule has 2 amide bonds. The van der Waals surface area contributed by atoms with Crippen molar-refractivity contribution in [2.24, 2.45) is 0 Å². The van der Waals surface area contributed by atoms with Gasteiger partial charge in [-0.25, -0.2) is 5.10 Å². The van der Waals surface area contributed by atoms with Gasteiger partial charge in [0.15, 0.2) is 0 Å². The van der Waals surface area contributed by atoms with E-state index >= 15 is 0 Å². The molecule has 3 N–H and O–H groups in total. The summed E-state index contributed by atoms with van der Waals surface area (Å²) < 4.78 is 0. The van der Waals surface area contributed by atoms with Crippen LogP contribution in [0.2, 0.25) is 0 Å². The molecular formula is C16H14N4O3S. The van der Waals surface area contributed by atoms with Crippen LogP contribution in [0.4, 0.5) is 0 Å². The number of nitrogens with one attached hydrogen (secondary N) is 3. The number of aromatic amines is 1. The summed E-state index contributed by atoms with van der Waals surface area (Å²) in [6.07, 6.45) is 0. The smallest absolute Gasteiger partial charge is 0.309 e.